The van der Waals surface area contributed by atoms with Gasteiger partial charge in [-0.3, -0.25) is 0 Å². The average molecular weight is 259 g/mol. The summed E-state index contributed by atoms with van der Waals surface area (Å²) in [6.07, 6.45) is -2.79. The summed E-state index contributed by atoms with van der Waals surface area (Å²) in [6.45, 7) is 3.42. The van der Waals surface area contributed by atoms with Crippen LogP contribution in [0.5, 0.6) is 0 Å². The van der Waals surface area contributed by atoms with Gasteiger partial charge in [0.15, 0.2) is 0 Å². The minimum atomic E-state index is -4.40. The molecule has 1 atom stereocenters. The van der Waals surface area contributed by atoms with Gasteiger partial charge in [0.2, 0.25) is 0 Å². The number of aliphatic carboxylic acids is 1. The molecule has 1 aromatic rings. The summed E-state index contributed by atoms with van der Waals surface area (Å²) in [6, 6.07) is 3.29. The van der Waals surface area contributed by atoms with Crippen LogP contribution >= 0.6 is 0 Å². The van der Waals surface area contributed by atoms with E-state index in [1.54, 1.807) is 0 Å². The first kappa shape index (κ1) is 14.1. The smallest absolute Gasteiger partial charge is 0.416 e. The third-order valence-corrected chi connectivity index (χ3v) is 2.25. The second-order valence-corrected chi connectivity index (χ2v) is 3.63. The second kappa shape index (κ2) is 5.57. The zero-order valence-electron chi connectivity index (χ0n) is 9.37. The van der Waals surface area contributed by atoms with Gasteiger partial charge < -0.3 is 10.4 Å². The van der Waals surface area contributed by atoms with Crippen LogP contribution in [0.1, 0.15) is 12.0 Å². The largest absolute Gasteiger partial charge is 0.480 e. The molecule has 0 spiro atoms. The van der Waals surface area contributed by atoms with Crippen molar-refractivity contribution in [1.82, 2.24) is 0 Å². The number of benzene rings is 1. The number of carboxylic acids is 1. The van der Waals surface area contributed by atoms with E-state index >= 15 is 0 Å². The summed E-state index contributed by atoms with van der Waals surface area (Å²) in [4.78, 5) is 10.8. The van der Waals surface area contributed by atoms with Crippen LogP contribution in [0.4, 0.5) is 18.9 Å². The summed E-state index contributed by atoms with van der Waals surface area (Å²) in [7, 11) is 0. The number of anilines is 1. The van der Waals surface area contributed by atoms with Crippen LogP contribution in [0, 0.1) is 0 Å². The first-order chi connectivity index (χ1) is 8.34. The van der Waals surface area contributed by atoms with E-state index in [0.29, 0.717) is 5.69 Å². The van der Waals surface area contributed by atoms with E-state index in [-0.39, 0.29) is 6.42 Å². The Kier molecular flexibility index (Phi) is 4.36. The van der Waals surface area contributed by atoms with Crippen LogP contribution in [0.15, 0.2) is 36.9 Å². The highest BCUT2D eigenvalue weighted by molar-refractivity contribution is 5.77. The molecule has 98 valence electrons. The van der Waals surface area contributed by atoms with Crippen LogP contribution in [-0.4, -0.2) is 17.1 Å². The van der Waals surface area contributed by atoms with Gasteiger partial charge in [0.1, 0.15) is 6.04 Å². The van der Waals surface area contributed by atoms with E-state index in [1.807, 2.05) is 0 Å². The molecular formula is C12H12F3NO2. The van der Waals surface area contributed by atoms with Crippen LogP contribution in [0.3, 0.4) is 0 Å². The Morgan fingerprint density at radius 1 is 1.39 bits per heavy atom. The molecule has 0 radical (unpaired) electrons. The molecule has 6 heteroatoms. The van der Waals surface area contributed by atoms with Gasteiger partial charge in [-0.2, -0.15) is 13.2 Å². The topological polar surface area (TPSA) is 49.3 Å². The number of rotatable bonds is 5. The summed E-state index contributed by atoms with van der Waals surface area (Å²) >= 11 is 0. The van der Waals surface area contributed by atoms with Gasteiger partial charge in [0.25, 0.3) is 0 Å². The number of hydrogen-bond donors (Lipinski definition) is 2. The highest BCUT2D eigenvalue weighted by Crippen LogP contribution is 2.29. The molecule has 0 heterocycles. The number of carbonyl (C=O) groups is 1. The number of nitrogens with one attached hydrogen (secondary N) is 1. The van der Waals surface area contributed by atoms with E-state index in [0.717, 1.165) is 12.1 Å². The molecule has 0 aromatic heterocycles. The van der Waals surface area contributed by atoms with Gasteiger partial charge >= 0.3 is 12.1 Å². The van der Waals surface area contributed by atoms with Gasteiger partial charge in [-0.25, -0.2) is 4.79 Å². The molecule has 0 saturated heterocycles. The van der Waals surface area contributed by atoms with E-state index in [4.69, 9.17) is 5.11 Å². The lowest BCUT2D eigenvalue weighted by Gasteiger charge is -2.14. The Bertz CT molecular complexity index is 426. The maximum absolute atomic E-state index is 12.3. The predicted octanol–water partition coefficient (Wildman–Crippen LogP) is 3.15. The molecule has 0 saturated carbocycles. The lowest BCUT2D eigenvalue weighted by Crippen LogP contribution is -2.28. The second-order valence-electron chi connectivity index (χ2n) is 3.63. The van der Waals surface area contributed by atoms with Crippen molar-refractivity contribution in [2.45, 2.75) is 18.6 Å². The van der Waals surface area contributed by atoms with Crippen molar-refractivity contribution in [3.05, 3.63) is 42.5 Å². The molecule has 0 aliphatic carbocycles. The maximum Gasteiger partial charge on any atom is 0.416 e. The van der Waals surface area contributed by atoms with E-state index in [2.05, 4.69) is 11.9 Å². The number of carboxylic acid groups (broad SMARTS) is 1. The quantitative estimate of drug-likeness (QED) is 0.798. The summed E-state index contributed by atoms with van der Waals surface area (Å²) < 4.78 is 36.9. The van der Waals surface area contributed by atoms with Crippen molar-refractivity contribution in [1.29, 1.82) is 0 Å². The third kappa shape index (κ3) is 3.80. The monoisotopic (exact) mass is 259 g/mol. The molecule has 1 rings (SSSR count). The van der Waals surface area contributed by atoms with Crippen molar-refractivity contribution in [3.8, 4) is 0 Å². The van der Waals surface area contributed by atoms with Crippen LogP contribution in [0.25, 0.3) is 0 Å². The van der Waals surface area contributed by atoms with Gasteiger partial charge in [-0.1, -0.05) is 6.08 Å². The molecule has 0 fully saturated rings. The van der Waals surface area contributed by atoms with E-state index < -0.39 is 23.8 Å². The minimum Gasteiger partial charge on any atom is -0.480 e. The van der Waals surface area contributed by atoms with Crippen LogP contribution in [0.2, 0.25) is 0 Å². The van der Waals surface area contributed by atoms with Crippen molar-refractivity contribution < 1.29 is 23.1 Å². The highest BCUT2D eigenvalue weighted by Gasteiger charge is 2.30. The Balaban J connectivity index is 2.79. The third-order valence-electron chi connectivity index (χ3n) is 2.25. The Hall–Kier alpha value is -1.98. The minimum absolute atomic E-state index is 0.177. The predicted molar refractivity (Wildman–Crippen MR) is 61.3 cm³/mol. The van der Waals surface area contributed by atoms with Gasteiger partial charge in [-0.15, -0.1) is 6.58 Å². The average Bonchev–Trinajstić information content (AvgIpc) is 2.28. The number of alkyl halides is 3. The maximum atomic E-state index is 12.3. The first-order valence-electron chi connectivity index (χ1n) is 5.12. The number of halogens is 3. The van der Waals surface area contributed by atoms with E-state index in [1.165, 1.54) is 18.2 Å². The van der Waals surface area contributed by atoms with Crippen molar-refractivity contribution >= 4 is 11.7 Å². The lowest BCUT2D eigenvalue weighted by molar-refractivity contribution is -0.138. The molecule has 18 heavy (non-hydrogen) atoms. The summed E-state index contributed by atoms with van der Waals surface area (Å²) in [5.74, 6) is -1.09. The SMILES string of the molecule is C=CCC(Nc1ccc(C(F)(F)F)cc1)C(=O)O. The molecule has 1 unspecified atom stereocenters. The molecule has 0 amide bonds. The van der Waals surface area contributed by atoms with Crippen molar-refractivity contribution in [2.75, 3.05) is 5.32 Å². The zero-order chi connectivity index (χ0) is 13.8. The van der Waals surface area contributed by atoms with Gasteiger partial charge in [0.05, 0.1) is 5.56 Å². The van der Waals surface area contributed by atoms with Crippen molar-refractivity contribution in [3.63, 3.8) is 0 Å². The standard InChI is InChI=1S/C12H12F3NO2/c1-2-3-10(11(17)18)16-9-6-4-8(5-7-9)12(13,14)15/h2,4-7,10,16H,1,3H2,(H,17,18). The Labute approximate surface area is 102 Å². The first-order valence-corrected chi connectivity index (χ1v) is 5.12. The Morgan fingerprint density at radius 3 is 2.33 bits per heavy atom. The number of hydrogen-bond acceptors (Lipinski definition) is 2. The van der Waals surface area contributed by atoms with Gasteiger partial charge in [0, 0.05) is 5.69 Å². The molecule has 2 N–H and O–H groups in total. The molecule has 0 aliphatic heterocycles. The molecule has 1 aromatic carbocycles. The van der Waals surface area contributed by atoms with Crippen LogP contribution in [-0.2, 0) is 11.0 Å². The summed E-state index contributed by atoms with van der Waals surface area (Å²) in [5.41, 5.74) is -0.458. The van der Waals surface area contributed by atoms with Gasteiger partial charge in [-0.05, 0) is 30.7 Å². The zero-order valence-corrected chi connectivity index (χ0v) is 9.37. The fourth-order valence-corrected chi connectivity index (χ4v) is 1.34. The Morgan fingerprint density at radius 2 is 1.94 bits per heavy atom. The fourth-order valence-electron chi connectivity index (χ4n) is 1.34. The molecule has 0 aliphatic rings. The normalized spacial score (nSPS) is 12.8. The summed E-state index contributed by atoms with van der Waals surface area (Å²) in [5, 5.41) is 11.5. The van der Waals surface area contributed by atoms with Crippen LogP contribution < -0.4 is 5.32 Å². The fraction of sp³-hybridized carbons (Fsp3) is 0.250. The van der Waals surface area contributed by atoms with E-state index in [9.17, 15) is 18.0 Å². The molecular weight excluding hydrogens is 247 g/mol. The molecule has 0 bridgehead atoms. The molecule has 3 nitrogen and oxygen atoms in total. The lowest BCUT2D eigenvalue weighted by atomic mass is 10.1. The van der Waals surface area contributed by atoms with Crippen molar-refractivity contribution in [2.24, 2.45) is 0 Å². The highest BCUT2D eigenvalue weighted by atomic mass is 19.4.